The number of carbonyl (C=O) groups excluding carboxylic acids is 5. The van der Waals surface area contributed by atoms with E-state index in [4.69, 9.17) is 19.2 Å². The number of hydrazine groups is 1. The number of allylic oxidation sites excluding steroid dienone is 2. The zero-order chi connectivity index (χ0) is 51.8. The third-order valence-electron chi connectivity index (χ3n) is 16.2. The van der Waals surface area contributed by atoms with E-state index in [2.05, 4.69) is 84.7 Å². The van der Waals surface area contributed by atoms with Gasteiger partial charge in [-0.1, -0.05) is 83.0 Å². The average Bonchev–Trinajstić information content (AvgIpc) is 4.06. The van der Waals surface area contributed by atoms with Crippen LogP contribution in [0.25, 0.3) is 22.3 Å². The van der Waals surface area contributed by atoms with Crippen LogP contribution < -0.4 is 10.7 Å². The summed E-state index contributed by atoms with van der Waals surface area (Å²) in [6, 6.07) is 16.1. The van der Waals surface area contributed by atoms with Crippen molar-refractivity contribution in [1.82, 2.24) is 35.4 Å². The Kier molecular flexibility index (Phi) is 15.3. The van der Waals surface area contributed by atoms with Crippen LogP contribution >= 0.6 is 0 Å². The fourth-order valence-corrected chi connectivity index (χ4v) is 12.0. The molecule has 388 valence electrons. The van der Waals surface area contributed by atoms with E-state index >= 15 is 0 Å². The first-order valence-corrected chi connectivity index (χ1v) is 26.4. The van der Waals surface area contributed by atoms with E-state index in [1.165, 1.54) is 21.7 Å². The molecule has 6 heterocycles. The molecule has 2 aromatic carbocycles. The van der Waals surface area contributed by atoms with Gasteiger partial charge < -0.3 is 29.3 Å². The number of morpholine rings is 1. The van der Waals surface area contributed by atoms with Crippen LogP contribution in [0.1, 0.15) is 120 Å². The van der Waals surface area contributed by atoms with Crippen molar-refractivity contribution in [3.63, 3.8) is 0 Å². The summed E-state index contributed by atoms with van der Waals surface area (Å²) in [7, 11) is 3.67. The van der Waals surface area contributed by atoms with Crippen molar-refractivity contribution in [3.8, 4) is 23.0 Å². The zero-order valence-corrected chi connectivity index (χ0v) is 43.9. The van der Waals surface area contributed by atoms with Gasteiger partial charge in [-0.15, -0.1) is 0 Å². The first-order chi connectivity index (χ1) is 35.0. The highest BCUT2D eigenvalue weighted by atomic mass is 16.5. The Morgan fingerprint density at radius 3 is 2.55 bits per heavy atom. The summed E-state index contributed by atoms with van der Waals surface area (Å²) < 4.78 is 17.6. The maximum absolute atomic E-state index is 14.9. The number of esters is 1. The van der Waals surface area contributed by atoms with Crippen molar-refractivity contribution in [2.45, 2.75) is 123 Å². The molecular formula is C58H73N7O8. The lowest BCUT2D eigenvalue weighted by molar-refractivity contribution is -0.155. The molecule has 4 fully saturated rings. The molecule has 7 atom stereocenters. The largest absolute Gasteiger partial charge is 0.464 e. The number of nitrogens with one attached hydrogen (secondary N) is 2. The lowest BCUT2D eigenvalue weighted by Gasteiger charge is -2.37. The van der Waals surface area contributed by atoms with E-state index in [9.17, 15) is 24.0 Å². The van der Waals surface area contributed by atoms with Gasteiger partial charge in [0, 0.05) is 69.3 Å². The summed E-state index contributed by atoms with van der Waals surface area (Å²) >= 11 is 0. The highest BCUT2D eigenvalue weighted by molar-refractivity contribution is 6.01. The third-order valence-corrected chi connectivity index (χ3v) is 16.2. The van der Waals surface area contributed by atoms with E-state index in [0.717, 1.165) is 46.5 Å². The Morgan fingerprint density at radius 2 is 1.78 bits per heavy atom. The van der Waals surface area contributed by atoms with E-state index in [1.54, 1.807) is 16.9 Å². The van der Waals surface area contributed by atoms with Gasteiger partial charge in [0.1, 0.15) is 18.1 Å². The van der Waals surface area contributed by atoms with Crippen molar-refractivity contribution in [2.75, 3.05) is 66.7 Å². The average molecular weight is 996 g/mol. The van der Waals surface area contributed by atoms with Crippen molar-refractivity contribution >= 4 is 40.7 Å². The lowest BCUT2D eigenvalue weighted by atomic mass is 9.81. The molecule has 2 N–H and O–H groups in total. The van der Waals surface area contributed by atoms with Crippen LogP contribution in [0.5, 0.6) is 0 Å². The number of methoxy groups -OCH3 is 1. The Balaban J connectivity index is 1.02. The van der Waals surface area contributed by atoms with Crippen LogP contribution in [0.3, 0.4) is 0 Å². The number of ether oxygens (including phenoxy) is 3. The molecule has 73 heavy (non-hydrogen) atoms. The lowest BCUT2D eigenvalue weighted by Crippen LogP contribution is -2.62. The summed E-state index contributed by atoms with van der Waals surface area (Å²) in [5.74, 6) is 3.94. The number of hydrogen-bond donors (Lipinski definition) is 2. The van der Waals surface area contributed by atoms with Gasteiger partial charge in [-0.2, -0.15) is 0 Å². The number of carbonyl (C=O) groups is 5. The SMILES string of the molecule is CCC1C(c2cccnc2[C@H](C)OC)=C2CC(C)(C)COC(=O)[C@@H]3CCCN(N3)C(=O)[C@@H](NC(=O)[C@H](C(C)C)N3CC[C@]4(CCN(C(=O)C#C[C@H]5COCCN5C)C4)C3=O)Cc3cccc(c3)-c3ccc1c2c3. The highest BCUT2D eigenvalue weighted by Crippen LogP contribution is 2.54. The summed E-state index contributed by atoms with van der Waals surface area (Å²) in [6.07, 6.45) is 5.24. The van der Waals surface area contributed by atoms with Crippen molar-refractivity contribution in [2.24, 2.45) is 16.7 Å². The first-order valence-electron chi connectivity index (χ1n) is 26.4. The number of hydrogen-bond acceptors (Lipinski definition) is 11. The van der Waals surface area contributed by atoms with Crippen LogP contribution in [-0.4, -0.2) is 145 Å². The number of benzene rings is 2. The molecule has 15 nitrogen and oxygen atoms in total. The number of pyridine rings is 1. The number of fused-ring (bicyclic) bond motifs is 6. The fourth-order valence-electron chi connectivity index (χ4n) is 12.0. The molecule has 6 bridgehead atoms. The molecule has 9 rings (SSSR count). The summed E-state index contributed by atoms with van der Waals surface area (Å²) in [4.78, 5) is 82.0. The Hall–Kier alpha value is -5.92. The number of likely N-dealkylation sites (N-methyl/N-ethyl adjacent to an activating group) is 1. The van der Waals surface area contributed by atoms with Crippen LogP contribution in [0.4, 0.5) is 0 Å². The molecular weight excluding hydrogens is 923 g/mol. The molecule has 4 amide bonds. The molecule has 3 aromatic rings. The van der Waals surface area contributed by atoms with Gasteiger partial charge in [-0.25, -0.2) is 5.43 Å². The number of likely N-dealkylation sites (tertiary alicyclic amines) is 2. The molecule has 1 aromatic heterocycles. The molecule has 1 spiro atoms. The standard InChI is InChI=1S/C58H73N7O8/c1-9-42-43-19-17-40-31-45(43)46(50(42)44-15-11-23-59-51(44)37(4)71-8)32-57(5,6)35-73-55(69)47-16-12-24-65(61-47)54(68)48(30-38-13-10-14-39(40)29-38)60-53(67)52(36(2)3)64-26-22-58(56(64)70)21-25-63(34-58)49(66)20-18-41-33-72-28-27-62(41)7/h10-11,13-15,17,19,23,29,31,36-37,41-42,47-48,52,61H,9,12,16,21-22,24-28,30,32-35H2,1-8H3,(H,60,67)/t37-,41-,42?,47-,48-,52-,58-/m0/s1. The molecule has 15 heteroatoms. The molecule has 1 aliphatic carbocycles. The summed E-state index contributed by atoms with van der Waals surface area (Å²) in [5.41, 5.74) is 11.4. The van der Waals surface area contributed by atoms with E-state index in [1.807, 2.05) is 52.2 Å². The second kappa shape index (κ2) is 21.5. The zero-order valence-electron chi connectivity index (χ0n) is 43.9. The number of cyclic esters (lactones) is 1. The summed E-state index contributed by atoms with van der Waals surface area (Å²) in [5, 5.41) is 4.60. The maximum Gasteiger partial charge on any atom is 0.324 e. The molecule has 1 unspecified atom stereocenters. The molecule has 0 saturated carbocycles. The van der Waals surface area contributed by atoms with E-state index in [-0.39, 0.29) is 61.3 Å². The second-order valence-corrected chi connectivity index (χ2v) is 22.2. The maximum atomic E-state index is 14.9. The van der Waals surface area contributed by atoms with Gasteiger partial charge in [-0.3, -0.25) is 38.9 Å². The van der Waals surface area contributed by atoms with E-state index in [0.29, 0.717) is 65.0 Å². The van der Waals surface area contributed by atoms with Crippen LogP contribution in [0, 0.1) is 28.6 Å². The van der Waals surface area contributed by atoms with Gasteiger partial charge in [0.05, 0.1) is 43.1 Å². The van der Waals surface area contributed by atoms with Crippen molar-refractivity contribution in [1.29, 1.82) is 0 Å². The fraction of sp³-hybridized carbons (Fsp3) is 0.552. The minimum atomic E-state index is -1.05. The molecule has 6 aliphatic rings. The van der Waals surface area contributed by atoms with Crippen LogP contribution in [0.15, 0.2) is 60.8 Å². The van der Waals surface area contributed by atoms with Crippen LogP contribution in [-0.2, 0) is 44.6 Å². The summed E-state index contributed by atoms with van der Waals surface area (Å²) in [6.45, 7) is 15.6. The van der Waals surface area contributed by atoms with Gasteiger partial charge in [-0.05, 0) is 115 Å². The minimum Gasteiger partial charge on any atom is -0.464 e. The third kappa shape index (κ3) is 10.6. The van der Waals surface area contributed by atoms with Crippen molar-refractivity contribution in [3.05, 3.63) is 88.7 Å². The number of aromatic nitrogens is 1. The Labute approximate surface area is 430 Å². The van der Waals surface area contributed by atoms with Gasteiger partial charge >= 0.3 is 5.97 Å². The quantitative estimate of drug-likeness (QED) is 0.196. The predicted octanol–water partition coefficient (Wildman–Crippen LogP) is 6.18. The number of amides is 4. The smallest absolute Gasteiger partial charge is 0.324 e. The first kappa shape index (κ1) is 52.0. The normalized spacial score (nSPS) is 26.3. The minimum absolute atomic E-state index is 0.0975. The molecule has 0 radical (unpaired) electrons. The van der Waals surface area contributed by atoms with E-state index < -0.39 is 40.8 Å². The molecule has 5 aliphatic heterocycles. The highest BCUT2D eigenvalue weighted by Gasteiger charge is 2.54. The Morgan fingerprint density at radius 1 is 0.986 bits per heavy atom. The number of rotatable bonds is 8. The predicted molar refractivity (Wildman–Crippen MR) is 278 cm³/mol. The van der Waals surface area contributed by atoms with Crippen LogP contribution in [0.2, 0.25) is 0 Å². The van der Waals surface area contributed by atoms with Gasteiger partial charge in [0.15, 0.2) is 0 Å². The van der Waals surface area contributed by atoms with Gasteiger partial charge in [0.2, 0.25) is 11.8 Å². The Bertz CT molecular complexity index is 2730. The second-order valence-electron chi connectivity index (χ2n) is 22.2. The van der Waals surface area contributed by atoms with Crippen molar-refractivity contribution < 1.29 is 38.2 Å². The van der Waals surface area contributed by atoms with Gasteiger partial charge in [0.25, 0.3) is 11.8 Å². The monoisotopic (exact) mass is 996 g/mol. The number of nitrogens with zero attached hydrogens (tertiary/aromatic N) is 5. The molecule has 4 saturated heterocycles. The topological polar surface area (TPSA) is 163 Å².